The summed E-state index contributed by atoms with van der Waals surface area (Å²) in [6.07, 6.45) is 0. The first-order valence-corrected chi connectivity index (χ1v) is 4.40. The van der Waals surface area contributed by atoms with Crippen LogP contribution >= 0.6 is 15.9 Å². The third kappa shape index (κ3) is 3.38. The Hall–Kier alpha value is -1.16. The molecule has 3 nitrogen and oxygen atoms in total. The maximum atomic E-state index is 11.2. The van der Waals surface area contributed by atoms with Gasteiger partial charge in [0.1, 0.15) is 0 Å². The largest absolute Gasteiger partial charge is 0.453 e. The summed E-state index contributed by atoms with van der Waals surface area (Å²) in [5.41, 5.74) is 0.441. The van der Waals surface area contributed by atoms with E-state index in [1.165, 1.54) is 0 Å². The van der Waals surface area contributed by atoms with E-state index >= 15 is 0 Å². The monoisotopic (exact) mass is 242 g/mol. The zero-order chi connectivity index (χ0) is 9.68. The van der Waals surface area contributed by atoms with Crippen LogP contribution in [0, 0.1) is 0 Å². The Labute approximate surface area is 83.8 Å². The predicted molar refractivity (Wildman–Crippen MR) is 50.7 cm³/mol. The minimum atomic E-state index is -0.492. The second-order valence-electron chi connectivity index (χ2n) is 2.30. The maximum absolute atomic E-state index is 11.2. The summed E-state index contributed by atoms with van der Waals surface area (Å²) in [7, 11) is 0. The summed E-state index contributed by atoms with van der Waals surface area (Å²) in [5.74, 6) is -0.492. The van der Waals surface area contributed by atoms with Crippen LogP contribution in [-0.2, 0) is 9.53 Å². The summed E-state index contributed by atoms with van der Waals surface area (Å²) in [6, 6.07) is 8.51. The van der Waals surface area contributed by atoms with Gasteiger partial charge in [0, 0.05) is 0 Å². The Kier molecular flexibility index (Phi) is 3.64. The van der Waals surface area contributed by atoms with E-state index in [1.807, 2.05) is 0 Å². The number of rotatable bonds is 3. The van der Waals surface area contributed by atoms with E-state index in [2.05, 4.69) is 20.7 Å². The van der Waals surface area contributed by atoms with Crippen molar-refractivity contribution in [3.63, 3.8) is 0 Å². The molecule has 13 heavy (non-hydrogen) atoms. The molecule has 0 heterocycles. The van der Waals surface area contributed by atoms with Crippen molar-refractivity contribution < 1.29 is 14.3 Å². The molecule has 1 aromatic rings. The zero-order valence-electron chi connectivity index (χ0n) is 6.70. The molecular formula is C9H7BrO3. The molecular weight excluding hydrogens is 236 g/mol. The van der Waals surface area contributed by atoms with E-state index in [0.717, 1.165) is 0 Å². The third-order valence-corrected chi connectivity index (χ3v) is 1.56. The lowest BCUT2D eigenvalue weighted by Crippen LogP contribution is -2.09. The number of carbonyl (C=O) groups is 2. The van der Waals surface area contributed by atoms with Gasteiger partial charge in [-0.25, -0.2) is 4.79 Å². The van der Waals surface area contributed by atoms with Crippen LogP contribution in [0.3, 0.4) is 0 Å². The third-order valence-electron chi connectivity index (χ3n) is 1.33. The van der Waals surface area contributed by atoms with E-state index in [4.69, 9.17) is 0 Å². The van der Waals surface area contributed by atoms with Crippen molar-refractivity contribution in [1.82, 2.24) is 0 Å². The van der Waals surface area contributed by atoms with Gasteiger partial charge in [-0.3, -0.25) is 4.79 Å². The average Bonchev–Trinajstić information content (AvgIpc) is 2.15. The lowest BCUT2D eigenvalue weighted by atomic mass is 10.2. The zero-order valence-corrected chi connectivity index (χ0v) is 8.28. The quantitative estimate of drug-likeness (QED) is 0.600. The first kappa shape index (κ1) is 9.92. The van der Waals surface area contributed by atoms with Crippen LogP contribution in [0.25, 0.3) is 0 Å². The fourth-order valence-electron chi connectivity index (χ4n) is 0.780. The molecule has 0 aliphatic carbocycles. The second kappa shape index (κ2) is 4.77. The molecule has 0 saturated carbocycles. The van der Waals surface area contributed by atoms with Crippen LogP contribution in [0.5, 0.6) is 0 Å². The minimum Gasteiger partial charge on any atom is -0.453 e. The number of carbonyl (C=O) groups excluding carboxylic acids is 2. The number of hydrogen-bond donors (Lipinski definition) is 0. The Morgan fingerprint density at radius 3 is 2.38 bits per heavy atom. The van der Waals surface area contributed by atoms with Crippen LogP contribution < -0.4 is 0 Å². The summed E-state index contributed by atoms with van der Waals surface area (Å²) < 4.78 is 4.30. The molecule has 0 radical (unpaired) electrons. The van der Waals surface area contributed by atoms with Gasteiger partial charge >= 0.3 is 5.97 Å². The number of halogens is 1. The van der Waals surface area contributed by atoms with Crippen molar-refractivity contribution in [3.8, 4) is 0 Å². The molecule has 68 valence electrons. The molecule has 0 amide bonds. The highest BCUT2D eigenvalue weighted by Crippen LogP contribution is 2.01. The first-order valence-electron chi connectivity index (χ1n) is 3.60. The highest BCUT2D eigenvalue weighted by Gasteiger charge is 2.06. The lowest BCUT2D eigenvalue weighted by molar-refractivity contribution is -0.113. The molecule has 0 aromatic heterocycles. The maximum Gasteiger partial charge on any atom is 0.338 e. The molecule has 0 fully saturated rings. The topological polar surface area (TPSA) is 43.4 Å². The van der Waals surface area contributed by atoms with Crippen LogP contribution in [0.15, 0.2) is 30.3 Å². The summed E-state index contributed by atoms with van der Waals surface area (Å²) in [5, 5.41) is 0. The number of esters is 1. The van der Waals surface area contributed by atoms with Crippen molar-refractivity contribution in [1.29, 1.82) is 0 Å². The number of hydrogen-bond acceptors (Lipinski definition) is 3. The molecule has 4 heteroatoms. The SMILES string of the molecule is O=C(Br)COC(=O)c1ccccc1. The Morgan fingerprint density at radius 2 is 1.85 bits per heavy atom. The van der Waals surface area contributed by atoms with E-state index in [1.54, 1.807) is 30.3 Å². The van der Waals surface area contributed by atoms with E-state index in [0.29, 0.717) is 5.56 Å². The minimum absolute atomic E-state index is 0.242. The van der Waals surface area contributed by atoms with Gasteiger partial charge in [0.2, 0.25) is 4.69 Å². The van der Waals surface area contributed by atoms with E-state index < -0.39 is 5.97 Å². The van der Waals surface area contributed by atoms with Gasteiger partial charge in [0.05, 0.1) is 5.56 Å². The molecule has 1 rings (SSSR count). The Balaban J connectivity index is 2.54. The van der Waals surface area contributed by atoms with Gasteiger partial charge in [-0.15, -0.1) is 0 Å². The second-order valence-corrected chi connectivity index (χ2v) is 3.18. The van der Waals surface area contributed by atoms with Crippen molar-refractivity contribution in [3.05, 3.63) is 35.9 Å². The molecule has 0 aliphatic heterocycles. The molecule has 0 N–H and O–H groups in total. The normalized spacial score (nSPS) is 9.31. The van der Waals surface area contributed by atoms with Crippen LogP contribution in [0.1, 0.15) is 10.4 Å². The molecule has 0 unspecified atom stereocenters. The molecule has 0 spiro atoms. The van der Waals surface area contributed by atoms with Gasteiger partial charge in [0.25, 0.3) is 0 Å². The molecule has 0 saturated heterocycles. The predicted octanol–water partition coefficient (Wildman–Crippen LogP) is 1.76. The Morgan fingerprint density at radius 1 is 1.23 bits per heavy atom. The standard InChI is InChI=1S/C9H7BrO3/c10-8(11)6-13-9(12)7-4-2-1-3-5-7/h1-5H,6H2. The van der Waals surface area contributed by atoms with Crippen molar-refractivity contribution in [2.75, 3.05) is 6.61 Å². The van der Waals surface area contributed by atoms with E-state index in [9.17, 15) is 9.59 Å². The van der Waals surface area contributed by atoms with Gasteiger partial charge < -0.3 is 4.74 Å². The van der Waals surface area contributed by atoms with Gasteiger partial charge in [-0.2, -0.15) is 0 Å². The van der Waals surface area contributed by atoms with Crippen molar-refractivity contribution >= 4 is 26.6 Å². The molecule has 0 bridgehead atoms. The highest BCUT2D eigenvalue weighted by atomic mass is 79.9. The number of benzene rings is 1. The highest BCUT2D eigenvalue weighted by molar-refractivity contribution is 9.18. The Bertz CT molecular complexity index is 308. The van der Waals surface area contributed by atoms with Gasteiger partial charge in [-0.1, -0.05) is 18.2 Å². The summed E-state index contributed by atoms with van der Waals surface area (Å²) in [6.45, 7) is -0.242. The van der Waals surface area contributed by atoms with Gasteiger partial charge in [-0.05, 0) is 28.1 Å². The number of ether oxygens (including phenoxy) is 1. The van der Waals surface area contributed by atoms with Crippen molar-refractivity contribution in [2.24, 2.45) is 0 Å². The average molecular weight is 243 g/mol. The van der Waals surface area contributed by atoms with Crippen LogP contribution in [-0.4, -0.2) is 17.3 Å². The lowest BCUT2D eigenvalue weighted by Gasteiger charge is -2.00. The first-order chi connectivity index (χ1) is 6.20. The van der Waals surface area contributed by atoms with Crippen LogP contribution in [0.2, 0.25) is 0 Å². The fraction of sp³-hybridized carbons (Fsp3) is 0.111. The fourth-order valence-corrected chi connectivity index (χ4v) is 0.894. The van der Waals surface area contributed by atoms with Crippen LogP contribution in [0.4, 0.5) is 0 Å². The van der Waals surface area contributed by atoms with Crippen molar-refractivity contribution in [2.45, 2.75) is 0 Å². The summed E-state index contributed by atoms with van der Waals surface area (Å²) >= 11 is 2.66. The smallest absolute Gasteiger partial charge is 0.338 e. The van der Waals surface area contributed by atoms with E-state index in [-0.39, 0.29) is 11.3 Å². The molecule has 0 atom stereocenters. The summed E-state index contributed by atoms with van der Waals surface area (Å²) in [4.78, 5) is 21.6. The molecule has 1 aromatic carbocycles. The molecule has 0 aliphatic rings. The van der Waals surface area contributed by atoms with Gasteiger partial charge in [0.15, 0.2) is 6.61 Å².